The van der Waals surface area contributed by atoms with Crippen LogP contribution in [0, 0.1) is 5.82 Å². The van der Waals surface area contributed by atoms with Crippen LogP contribution in [0.4, 0.5) is 10.1 Å². The molecule has 0 unspecified atom stereocenters. The van der Waals surface area contributed by atoms with E-state index in [0.29, 0.717) is 23.3 Å². The number of H-pyrrole nitrogens is 1. The van der Waals surface area contributed by atoms with E-state index in [1.165, 1.54) is 22.5 Å². The number of halogens is 1. The summed E-state index contributed by atoms with van der Waals surface area (Å²) in [7, 11) is 4.12. The van der Waals surface area contributed by atoms with E-state index in [-0.39, 0.29) is 5.69 Å². The summed E-state index contributed by atoms with van der Waals surface area (Å²) in [4.78, 5) is 19.7. The highest BCUT2D eigenvalue weighted by atomic mass is 19.1. The lowest BCUT2D eigenvalue weighted by Crippen LogP contribution is -2.44. The molecular weight excluding hydrogens is 433 g/mol. The van der Waals surface area contributed by atoms with Crippen LogP contribution < -0.4 is 10.5 Å². The van der Waals surface area contributed by atoms with Crippen LogP contribution in [0.15, 0.2) is 47.3 Å². The molecule has 0 bridgehead atoms. The van der Waals surface area contributed by atoms with Crippen molar-refractivity contribution in [3.63, 3.8) is 0 Å². The predicted octanol–water partition coefficient (Wildman–Crippen LogP) is 2.61. The molecule has 9 heteroatoms. The minimum atomic E-state index is -0.454. The molecule has 1 N–H and O–H groups in total. The second-order valence-corrected chi connectivity index (χ2v) is 9.27. The molecule has 34 heavy (non-hydrogen) atoms. The van der Waals surface area contributed by atoms with Gasteiger partial charge in [0.05, 0.1) is 5.52 Å². The number of fused-ring (bicyclic) bond motifs is 2. The number of hydrogen-bond donors (Lipinski definition) is 1. The summed E-state index contributed by atoms with van der Waals surface area (Å²) in [6, 6.07) is 12.9. The van der Waals surface area contributed by atoms with Crippen LogP contribution in [-0.4, -0.2) is 70.1 Å². The number of nitrogens with zero attached hydrogens (tertiary/aromatic N) is 6. The monoisotopic (exact) mass is 459 g/mol. The maximum atomic E-state index is 15.0. The summed E-state index contributed by atoms with van der Waals surface area (Å²) in [5.74, 6) is -0.454. The first-order valence-corrected chi connectivity index (χ1v) is 11.5. The molecule has 1 saturated heterocycles. The molecular formula is C25H26FN7O. The van der Waals surface area contributed by atoms with Crippen LogP contribution in [0.3, 0.4) is 0 Å². The molecule has 0 atom stereocenters. The fourth-order valence-electron chi connectivity index (χ4n) is 4.96. The zero-order valence-corrected chi connectivity index (χ0v) is 19.3. The number of benzene rings is 2. The zero-order chi connectivity index (χ0) is 23.4. The van der Waals surface area contributed by atoms with Crippen LogP contribution in [-0.2, 0) is 13.1 Å². The molecule has 2 aromatic heterocycles. The third-order valence-electron chi connectivity index (χ3n) is 6.86. The summed E-state index contributed by atoms with van der Waals surface area (Å²) in [6.07, 6.45) is 0. The molecule has 0 aliphatic carbocycles. The Balaban J connectivity index is 1.41. The number of piperazine rings is 1. The summed E-state index contributed by atoms with van der Waals surface area (Å²) in [5, 5.41) is 12.0. The average Bonchev–Trinajstić information content (AvgIpc) is 3.42. The second kappa shape index (κ2) is 8.03. The number of anilines is 1. The molecule has 174 valence electrons. The highest BCUT2D eigenvalue weighted by Crippen LogP contribution is 2.30. The van der Waals surface area contributed by atoms with Crippen molar-refractivity contribution in [2.24, 2.45) is 0 Å². The van der Waals surface area contributed by atoms with Crippen molar-refractivity contribution >= 4 is 16.7 Å². The fourth-order valence-corrected chi connectivity index (χ4v) is 4.96. The van der Waals surface area contributed by atoms with Crippen molar-refractivity contribution < 1.29 is 4.39 Å². The van der Waals surface area contributed by atoms with E-state index in [9.17, 15) is 9.18 Å². The van der Waals surface area contributed by atoms with Crippen molar-refractivity contribution in [1.29, 1.82) is 0 Å². The summed E-state index contributed by atoms with van der Waals surface area (Å²) < 4.78 is 16.2. The molecule has 0 radical (unpaired) electrons. The molecule has 8 nitrogen and oxygen atoms in total. The molecule has 1 fully saturated rings. The van der Waals surface area contributed by atoms with E-state index in [1.807, 2.05) is 19.2 Å². The first-order chi connectivity index (χ1) is 16.5. The van der Waals surface area contributed by atoms with E-state index in [2.05, 4.69) is 49.2 Å². The number of hydrogen-bond acceptors (Lipinski definition) is 6. The van der Waals surface area contributed by atoms with Gasteiger partial charge in [-0.05, 0) is 43.4 Å². The van der Waals surface area contributed by atoms with E-state index in [1.54, 1.807) is 6.07 Å². The largest absolute Gasteiger partial charge is 0.369 e. The van der Waals surface area contributed by atoms with E-state index < -0.39 is 11.4 Å². The molecule has 0 spiro atoms. The van der Waals surface area contributed by atoms with Crippen LogP contribution in [0.2, 0.25) is 0 Å². The topological polar surface area (TPSA) is 73.3 Å². The van der Waals surface area contributed by atoms with Gasteiger partial charge in [0.2, 0.25) is 0 Å². The van der Waals surface area contributed by atoms with Gasteiger partial charge in [0.25, 0.3) is 5.56 Å². The quantitative estimate of drug-likeness (QED) is 0.508. The van der Waals surface area contributed by atoms with Gasteiger partial charge in [-0.1, -0.05) is 18.2 Å². The summed E-state index contributed by atoms with van der Waals surface area (Å²) >= 11 is 0. The Labute approximate surface area is 196 Å². The second-order valence-electron chi connectivity index (χ2n) is 9.27. The first kappa shape index (κ1) is 21.0. The third kappa shape index (κ3) is 3.48. The minimum absolute atomic E-state index is 0.228. The summed E-state index contributed by atoms with van der Waals surface area (Å²) in [5.41, 5.74) is 5.42. The van der Waals surface area contributed by atoms with Crippen LogP contribution in [0.5, 0.6) is 0 Å². The SMILES string of the molecule is CN1CCN(c2ccc(-c3n[nH]c4cc(=O)n(-c5c(F)ccc6c5CN(C)C6)nc34)cc2)CC1. The van der Waals surface area contributed by atoms with Gasteiger partial charge in [0.15, 0.2) is 0 Å². The van der Waals surface area contributed by atoms with Crippen LogP contribution >= 0.6 is 0 Å². The highest BCUT2D eigenvalue weighted by Gasteiger charge is 2.25. The Morgan fingerprint density at radius 3 is 2.47 bits per heavy atom. The number of rotatable bonds is 3. The van der Waals surface area contributed by atoms with Crippen LogP contribution in [0.1, 0.15) is 11.1 Å². The van der Waals surface area contributed by atoms with Crippen molar-refractivity contribution in [2.75, 3.05) is 45.2 Å². The maximum Gasteiger partial charge on any atom is 0.273 e. The van der Waals surface area contributed by atoms with E-state index in [4.69, 9.17) is 0 Å². The Kier molecular flexibility index (Phi) is 4.96. The van der Waals surface area contributed by atoms with Gasteiger partial charge in [-0.25, -0.2) is 4.39 Å². The molecule has 0 amide bonds. The van der Waals surface area contributed by atoms with Crippen LogP contribution in [0.25, 0.3) is 28.0 Å². The number of aromatic amines is 1. The number of likely N-dealkylation sites (N-methyl/N-ethyl adjacent to an activating group) is 1. The average molecular weight is 460 g/mol. The standard InChI is InChI=1S/C25H26FN7O/c1-30-9-11-32(12-10-30)18-6-3-16(4-7-18)23-24-21(27-28-23)13-22(34)33(29-24)25-19-15-31(2)14-17(19)5-8-20(25)26/h3-8,13,27H,9-12,14-15H2,1-2H3. The normalized spacial score (nSPS) is 17.0. The third-order valence-corrected chi connectivity index (χ3v) is 6.86. The molecule has 4 heterocycles. The number of aromatic nitrogens is 4. The van der Waals surface area contributed by atoms with Gasteiger partial charge >= 0.3 is 0 Å². The summed E-state index contributed by atoms with van der Waals surface area (Å²) in [6.45, 7) is 5.37. The smallest absolute Gasteiger partial charge is 0.273 e. The molecule has 6 rings (SSSR count). The van der Waals surface area contributed by atoms with Gasteiger partial charge in [-0.2, -0.15) is 14.9 Å². The van der Waals surface area contributed by atoms with Crippen molar-refractivity contribution in [2.45, 2.75) is 13.1 Å². The lowest BCUT2D eigenvalue weighted by Gasteiger charge is -2.34. The highest BCUT2D eigenvalue weighted by molar-refractivity contribution is 5.89. The van der Waals surface area contributed by atoms with Gasteiger partial charge < -0.3 is 9.80 Å². The van der Waals surface area contributed by atoms with Gasteiger partial charge in [-0.15, -0.1) is 0 Å². The van der Waals surface area contributed by atoms with Crippen molar-refractivity contribution in [1.82, 2.24) is 29.8 Å². The lowest BCUT2D eigenvalue weighted by atomic mass is 10.1. The van der Waals surface area contributed by atoms with Gasteiger partial charge in [0, 0.05) is 56.6 Å². The fraction of sp³-hybridized carbons (Fsp3) is 0.320. The predicted molar refractivity (Wildman–Crippen MR) is 130 cm³/mol. The van der Waals surface area contributed by atoms with Crippen molar-refractivity contribution in [3.05, 3.63) is 69.8 Å². The Morgan fingerprint density at radius 1 is 0.941 bits per heavy atom. The molecule has 4 aromatic rings. The molecule has 0 saturated carbocycles. The molecule has 2 aliphatic rings. The van der Waals surface area contributed by atoms with Crippen molar-refractivity contribution in [3.8, 4) is 16.9 Å². The Morgan fingerprint density at radius 2 is 1.71 bits per heavy atom. The van der Waals surface area contributed by atoms with E-state index in [0.717, 1.165) is 49.4 Å². The maximum absolute atomic E-state index is 15.0. The first-order valence-electron chi connectivity index (χ1n) is 11.5. The number of nitrogens with one attached hydrogen (secondary N) is 1. The van der Waals surface area contributed by atoms with Gasteiger partial charge in [0.1, 0.15) is 22.7 Å². The molecule has 2 aliphatic heterocycles. The van der Waals surface area contributed by atoms with E-state index >= 15 is 0 Å². The lowest BCUT2D eigenvalue weighted by molar-refractivity contribution is 0.313. The Bertz CT molecular complexity index is 1430. The van der Waals surface area contributed by atoms with Gasteiger partial charge in [-0.3, -0.25) is 14.8 Å². The zero-order valence-electron chi connectivity index (χ0n) is 19.3. The Hall–Kier alpha value is -3.56. The minimum Gasteiger partial charge on any atom is -0.369 e. The molecule has 2 aromatic carbocycles.